The lowest BCUT2D eigenvalue weighted by molar-refractivity contribution is -0.139. The molecule has 1 N–H and O–H groups in total. The molecule has 0 aromatic carbocycles. The van der Waals surface area contributed by atoms with Crippen LogP contribution in [0.4, 0.5) is 0 Å². The third kappa shape index (κ3) is 2.60. The van der Waals surface area contributed by atoms with Crippen molar-refractivity contribution in [1.82, 2.24) is 15.1 Å². The Labute approximate surface area is 101 Å². The van der Waals surface area contributed by atoms with Gasteiger partial charge in [0.25, 0.3) is 5.91 Å². The van der Waals surface area contributed by atoms with E-state index in [9.17, 15) is 9.59 Å². The zero-order chi connectivity index (χ0) is 12.3. The number of nitrogens with one attached hydrogen (secondary N) is 1. The van der Waals surface area contributed by atoms with Gasteiger partial charge >= 0.3 is 5.97 Å². The van der Waals surface area contributed by atoms with Gasteiger partial charge in [-0.05, 0) is 22.9 Å². The highest BCUT2D eigenvalue weighted by Crippen LogP contribution is 2.19. The maximum absolute atomic E-state index is 11.6. The fourth-order valence-electron chi connectivity index (χ4n) is 1.04. The Kier molecular flexibility index (Phi) is 4.05. The van der Waals surface area contributed by atoms with Gasteiger partial charge in [0.15, 0.2) is 5.69 Å². The molecule has 0 spiro atoms. The maximum atomic E-state index is 11.6. The maximum Gasteiger partial charge on any atom is 0.325 e. The van der Waals surface area contributed by atoms with Gasteiger partial charge in [0.1, 0.15) is 6.54 Å². The number of carbonyl (C=O) groups excluding carboxylic acids is 2. The van der Waals surface area contributed by atoms with Crippen LogP contribution in [0.1, 0.15) is 16.2 Å². The van der Waals surface area contributed by atoms with Crippen LogP contribution in [0.5, 0.6) is 0 Å². The van der Waals surface area contributed by atoms with Crippen LogP contribution in [0, 0.1) is 6.92 Å². The number of rotatable bonds is 3. The average Bonchev–Trinajstić information content (AvgIpc) is 2.53. The van der Waals surface area contributed by atoms with Gasteiger partial charge in [-0.2, -0.15) is 5.10 Å². The molecule has 88 valence electrons. The van der Waals surface area contributed by atoms with Crippen molar-refractivity contribution in [3.05, 3.63) is 15.9 Å². The van der Waals surface area contributed by atoms with E-state index in [0.717, 1.165) is 5.69 Å². The van der Waals surface area contributed by atoms with Crippen molar-refractivity contribution in [3.8, 4) is 0 Å². The smallest absolute Gasteiger partial charge is 0.325 e. The number of aryl methyl sites for hydroxylation is 1. The van der Waals surface area contributed by atoms with E-state index in [2.05, 4.69) is 31.1 Å². The number of ether oxygens (including phenoxy) is 1. The number of esters is 1. The first-order chi connectivity index (χ1) is 7.47. The van der Waals surface area contributed by atoms with Crippen LogP contribution in [-0.4, -0.2) is 35.3 Å². The lowest BCUT2D eigenvalue weighted by atomic mass is 10.3. The van der Waals surface area contributed by atoms with Gasteiger partial charge in [0.05, 0.1) is 17.3 Å². The molecule has 1 heterocycles. The summed E-state index contributed by atoms with van der Waals surface area (Å²) in [4.78, 5) is 22.5. The van der Waals surface area contributed by atoms with Gasteiger partial charge in [-0.25, -0.2) is 0 Å². The van der Waals surface area contributed by atoms with Crippen molar-refractivity contribution in [2.45, 2.75) is 6.92 Å². The fraction of sp³-hybridized carbons (Fsp3) is 0.444. The third-order valence-corrected chi connectivity index (χ3v) is 3.05. The minimum Gasteiger partial charge on any atom is -0.468 e. The van der Waals surface area contributed by atoms with E-state index in [1.54, 1.807) is 11.7 Å². The predicted octanol–water partition coefficient (Wildman–Crippen LogP) is 0.394. The summed E-state index contributed by atoms with van der Waals surface area (Å²) >= 11 is 3.27. The predicted molar refractivity (Wildman–Crippen MR) is 60.0 cm³/mol. The lowest BCUT2D eigenvalue weighted by Gasteiger charge is -2.01. The molecule has 1 aromatic heterocycles. The number of hydrogen-bond donors (Lipinski definition) is 1. The topological polar surface area (TPSA) is 73.2 Å². The largest absolute Gasteiger partial charge is 0.468 e. The van der Waals surface area contributed by atoms with E-state index >= 15 is 0 Å². The average molecular weight is 290 g/mol. The zero-order valence-corrected chi connectivity index (χ0v) is 10.8. The molecule has 1 amide bonds. The summed E-state index contributed by atoms with van der Waals surface area (Å²) in [6, 6.07) is 0. The van der Waals surface area contributed by atoms with Crippen LogP contribution >= 0.6 is 15.9 Å². The van der Waals surface area contributed by atoms with E-state index < -0.39 is 11.9 Å². The number of halogens is 1. The molecule has 0 saturated carbocycles. The summed E-state index contributed by atoms with van der Waals surface area (Å²) in [6.45, 7) is 1.66. The van der Waals surface area contributed by atoms with Crippen molar-refractivity contribution in [1.29, 1.82) is 0 Å². The molecule has 16 heavy (non-hydrogen) atoms. The molecule has 0 unspecified atom stereocenters. The fourth-order valence-corrected chi connectivity index (χ4v) is 1.55. The SMILES string of the molecule is COC(=O)CNC(=O)c1nn(C)c(C)c1Br. The van der Waals surface area contributed by atoms with Gasteiger partial charge in [-0.1, -0.05) is 0 Å². The van der Waals surface area contributed by atoms with Crippen molar-refractivity contribution >= 4 is 27.8 Å². The second-order valence-corrected chi connectivity index (χ2v) is 3.92. The molecule has 0 atom stereocenters. The molecule has 0 saturated heterocycles. The molecule has 0 fully saturated rings. The summed E-state index contributed by atoms with van der Waals surface area (Å²) in [7, 11) is 2.99. The summed E-state index contributed by atoms with van der Waals surface area (Å²) in [5.41, 5.74) is 1.09. The number of hydrogen-bond acceptors (Lipinski definition) is 4. The first kappa shape index (κ1) is 12.7. The van der Waals surface area contributed by atoms with Crippen molar-refractivity contribution in [3.63, 3.8) is 0 Å². The highest BCUT2D eigenvalue weighted by molar-refractivity contribution is 9.10. The molecule has 0 aliphatic heterocycles. The summed E-state index contributed by atoms with van der Waals surface area (Å²) in [6.07, 6.45) is 0. The Morgan fingerprint density at radius 3 is 2.62 bits per heavy atom. The number of aromatic nitrogens is 2. The Morgan fingerprint density at radius 1 is 1.56 bits per heavy atom. The van der Waals surface area contributed by atoms with Crippen molar-refractivity contribution in [2.75, 3.05) is 13.7 Å². The van der Waals surface area contributed by atoms with Crippen LogP contribution in [0.2, 0.25) is 0 Å². The summed E-state index contributed by atoms with van der Waals surface area (Å²) < 4.78 is 6.61. The summed E-state index contributed by atoms with van der Waals surface area (Å²) in [5.74, 6) is -0.918. The van der Waals surface area contributed by atoms with Crippen LogP contribution in [0.25, 0.3) is 0 Å². The minimum atomic E-state index is -0.503. The standard InChI is InChI=1S/C9H12BrN3O3/c1-5-7(10)8(12-13(5)2)9(15)11-4-6(14)16-3/h4H2,1-3H3,(H,11,15). The highest BCUT2D eigenvalue weighted by Gasteiger charge is 2.18. The molecular formula is C9H12BrN3O3. The molecule has 6 nitrogen and oxygen atoms in total. The second-order valence-electron chi connectivity index (χ2n) is 3.13. The second kappa shape index (κ2) is 5.11. The molecule has 1 aromatic rings. The van der Waals surface area contributed by atoms with Crippen LogP contribution < -0.4 is 5.32 Å². The molecular weight excluding hydrogens is 278 g/mol. The van der Waals surface area contributed by atoms with Gasteiger partial charge in [-0.15, -0.1) is 0 Å². The quantitative estimate of drug-likeness (QED) is 0.817. The van der Waals surface area contributed by atoms with Gasteiger partial charge in [0.2, 0.25) is 0 Å². The molecule has 7 heteroatoms. The third-order valence-electron chi connectivity index (χ3n) is 2.10. The first-order valence-electron chi connectivity index (χ1n) is 4.51. The molecule has 0 bridgehead atoms. The van der Waals surface area contributed by atoms with Crippen LogP contribution in [0.3, 0.4) is 0 Å². The van der Waals surface area contributed by atoms with Crippen molar-refractivity contribution < 1.29 is 14.3 Å². The van der Waals surface area contributed by atoms with Gasteiger partial charge in [0, 0.05) is 7.05 Å². The lowest BCUT2D eigenvalue weighted by Crippen LogP contribution is -2.30. The van der Waals surface area contributed by atoms with E-state index in [1.165, 1.54) is 7.11 Å². The molecule has 1 rings (SSSR count). The number of amides is 1. The number of methoxy groups -OCH3 is 1. The van der Waals surface area contributed by atoms with E-state index in [4.69, 9.17) is 0 Å². The molecule has 0 radical (unpaired) electrons. The van der Waals surface area contributed by atoms with E-state index in [1.807, 2.05) is 6.92 Å². The van der Waals surface area contributed by atoms with Crippen LogP contribution in [0.15, 0.2) is 4.47 Å². The Balaban J connectivity index is 2.74. The Bertz CT molecular complexity index is 428. The highest BCUT2D eigenvalue weighted by atomic mass is 79.9. The van der Waals surface area contributed by atoms with E-state index in [-0.39, 0.29) is 12.2 Å². The summed E-state index contributed by atoms with van der Waals surface area (Å²) in [5, 5.41) is 6.43. The molecule has 0 aliphatic rings. The molecule has 0 aliphatic carbocycles. The van der Waals surface area contributed by atoms with Crippen molar-refractivity contribution in [2.24, 2.45) is 7.05 Å². The number of nitrogens with zero attached hydrogens (tertiary/aromatic N) is 2. The Morgan fingerprint density at radius 2 is 2.19 bits per heavy atom. The zero-order valence-electron chi connectivity index (χ0n) is 9.20. The normalized spacial score (nSPS) is 10.0. The Hall–Kier alpha value is -1.37. The van der Waals surface area contributed by atoms with E-state index in [0.29, 0.717) is 4.47 Å². The van der Waals surface area contributed by atoms with Gasteiger partial charge in [-0.3, -0.25) is 14.3 Å². The number of carbonyl (C=O) groups is 2. The monoisotopic (exact) mass is 289 g/mol. The van der Waals surface area contributed by atoms with Gasteiger partial charge < -0.3 is 10.1 Å². The van der Waals surface area contributed by atoms with Crippen LogP contribution in [-0.2, 0) is 16.6 Å². The minimum absolute atomic E-state index is 0.169. The first-order valence-corrected chi connectivity index (χ1v) is 5.30.